The summed E-state index contributed by atoms with van der Waals surface area (Å²) in [5.41, 5.74) is 6.20. The Labute approximate surface area is 116 Å². The van der Waals surface area contributed by atoms with Gasteiger partial charge in [-0.05, 0) is 12.1 Å². The second-order valence-electron chi connectivity index (χ2n) is 3.95. The summed E-state index contributed by atoms with van der Waals surface area (Å²) >= 11 is 0. The average Bonchev–Trinajstić information content (AvgIpc) is 2.41. The van der Waals surface area contributed by atoms with Crippen LogP contribution >= 0.6 is 0 Å². The Morgan fingerprint density at radius 2 is 2.05 bits per heavy atom. The summed E-state index contributed by atoms with van der Waals surface area (Å²) in [7, 11) is 0. The number of amides is 1. The lowest BCUT2D eigenvalue weighted by Gasteiger charge is -2.09. The lowest BCUT2D eigenvalue weighted by atomic mass is 10.3. The first kappa shape index (κ1) is 16.2. The maximum Gasteiger partial charge on any atom is 0.261 e. The number of anilines is 1. The predicted octanol–water partition coefficient (Wildman–Crippen LogP) is 1.44. The number of hydrogen-bond acceptors (Lipinski definition) is 4. The summed E-state index contributed by atoms with van der Waals surface area (Å²) in [4.78, 5) is 11.3. The molecule has 0 atom stereocenters. The molecule has 1 amide bonds. The van der Waals surface area contributed by atoms with Gasteiger partial charge in [0.15, 0.2) is 0 Å². The highest BCUT2D eigenvalue weighted by Crippen LogP contribution is 2.19. The van der Waals surface area contributed by atoms with E-state index in [9.17, 15) is 13.6 Å². The topological polar surface area (TPSA) is 73.6 Å². The molecule has 0 aliphatic heterocycles. The minimum absolute atomic E-state index is 0.0251. The Hall–Kier alpha value is -1.89. The van der Waals surface area contributed by atoms with Gasteiger partial charge in [0.25, 0.3) is 6.43 Å². The molecule has 0 saturated carbocycles. The Morgan fingerprint density at radius 3 is 2.75 bits per heavy atom. The Balaban J connectivity index is 2.06. The van der Waals surface area contributed by atoms with Crippen LogP contribution < -0.4 is 15.8 Å². The van der Waals surface area contributed by atoms with Crippen LogP contribution in [0.1, 0.15) is 6.42 Å². The number of carbonyl (C=O) groups excluding carboxylic acids is 1. The fourth-order valence-electron chi connectivity index (χ4n) is 1.39. The molecule has 0 aliphatic rings. The molecule has 0 bridgehead atoms. The average molecular weight is 288 g/mol. The molecular weight excluding hydrogens is 270 g/mol. The molecule has 112 valence electrons. The predicted molar refractivity (Wildman–Crippen MR) is 70.8 cm³/mol. The fourth-order valence-corrected chi connectivity index (χ4v) is 1.39. The van der Waals surface area contributed by atoms with E-state index in [4.69, 9.17) is 10.5 Å². The van der Waals surface area contributed by atoms with Crippen molar-refractivity contribution in [3.63, 3.8) is 0 Å². The zero-order chi connectivity index (χ0) is 14.8. The van der Waals surface area contributed by atoms with Crippen molar-refractivity contribution >= 4 is 11.6 Å². The second-order valence-corrected chi connectivity index (χ2v) is 3.95. The molecule has 7 heteroatoms. The normalized spacial score (nSPS) is 10.6. The Kier molecular flexibility index (Phi) is 7.34. The molecule has 5 nitrogen and oxygen atoms in total. The van der Waals surface area contributed by atoms with Gasteiger partial charge in [-0.2, -0.15) is 0 Å². The summed E-state index contributed by atoms with van der Waals surface area (Å²) in [6, 6.07) is 7.04. The van der Waals surface area contributed by atoms with E-state index in [1.807, 2.05) is 0 Å². The summed E-state index contributed by atoms with van der Waals surface area (Å²) in [5, 5.41) is 2.59. The van der Waals surface area contributed by atoms with Crippen molar-refractivity contribution in [1.82, 2.24) is 5.32 Å². The van der Waals surface area contributed by atoms with E-state index >= 15 is 0 Å². The number of benzene rings is 1. The molecule has 1 aromatic rings. The number of carbonyl (C=O) groups is 1. The van der Waals surface area contributed by atoms with Crippen LogP contribution in [0.15, 0.2) is 24.3 Å². The van der Waals surface area contributed by atoms with Crippen molar-refractivity contribution in [2.45, 2.75) is 12.8 Å². The molecule has 0 heterocycles. The summed E-state index contributed by atoms with van der Waals surface area (Å²) in [5.74, 6) is 0.283. The van der Waals surface area contributed by atoms with Gasteiger partial charge in [0.05, 0.1) is 18.8 Å². The van der Waals surface area contributed by atoms with Crippen LogP contribution in [0.25, 0.3) is 0 Å². The van der Waals surface area contributed by atoms with Gasteiger partial charge < -0.3 is 20.5 Å². The fraction of sp³-hybridized carbons (Fsp3) is 0.462. The molecule has 0 fully saturated rings. The number of nitrogens with two attached hydrogens (primary N) is 1. The Morgan fingerprint density at radius 1 is 1.30 bits per heavy atom. The van der Waals surface area contributed by atoms with Crippen LogP contribution in [0.2, 0.25) is 0 Å². The van der Waals surface area contributed by atoms with Crippen LogP contribution in [0.5, 0.6) is 5.75 Å². The third-order valence-corrected chi connectivity index (χ3v) is 2.32. The van der Waals surface area contributed by atoms with Gasteiger partial charge in [-0.25, -0.2) is 8.78 Å². The van der Waals surface area contributed by atoms with Crippen molar-refractivity contribution < 1.29 is 23.0 Å². The van der Waals surface area contributed by atoms with Gasteiger partial charge in [-0.1, -0.05) is 12.1 Å². The lowest BCUT2D eigenvalue weighted by Crippen LogP contribution is -2.29. The monoisotopic (exact) mass is 288 g/mol. The number of ether oxygens (including phenoxy) is 2. The quantitative estimate of drug-likeness (QED) is 0.532. The molecule has 3 N–H and O–H groups in total. The summed E-state index contributed by atoms with van der Waals surface area (Å²) in [6.07, 6.45) is -2.47. The smallest absolute Gasteiger partial charge is 0.261 e. The number of para-hydroxylation sites is 2. The number of nitrogens with one attached hydrogen (secondary N) is 1. The zero-order valence-corrected chi connectivity index (χ0v) is 11.0. The largest absolute Gasteiger partial charge is 0.490 e. The highest BCUT2D eigenvalue weighted by atomic mass is 19.3. The van der Waals surface area contributed by atoms with Gasteiger partial charge in [0.1, 0.15) is 19.0 Å². The molecule has 0 aromatic heterocycles. The lowest BCUT2D eigenvalue weighted by molar-refractivity contribution is -0.122. The molecule has 1 aromatic carbocycles. The van der Waals surface area contributed by atoms with E-state index in [1.54, 1.807) is 24.3 Å². The first-order chi connectivity index (χ1) is 9.59. The molecule has 1 rings (SSSR count). The van der Waals surface area contributed by atoms with E-state index < -0.39 is 13.0 Å². The number of alkyl halides is 2. The van der Waals surface area contributed by atoms with E-state index in [2.05, 4.69) is 10.1 Å². The van der Waals surface area contributed by atoms with E-state index in [0.717, 1.165) is 0 Å². The second kappa shape index (κ2) is 9.08. The molecule has 0 spiro atoms. The van der Waals surface area contributed by atoms with Crippen molar-refractivity contribution in [1.29, 1.82) is 0 Å². The highest BCUT2D eigenvalue weighted by molar-refractivity contribution is 5.75. The number of halogens is 2. The molecule has 0 saturated heterocycles. The maximum absolute atomic E-state index is 11.7. The molecule has 0 aliphatic carbocycles. The van der Waals surface area contributed by atoms with Gasteiger partial charge in [0, 0.05) is 6.42 Å². The molecule has 20 heavy (non-hydrogen) atoms. The minimum atomic E-state index is -2.51. The first-order valence-corrected chi connectivity index (χ1v) is 6.19. The SMILES string of the molecule is Nc1ccccc1OCCNC(=O)CCOCC(F)F. The van der Waals surface area contributed by atoms with Gasteiger partial charge in [-0.3, -0.25) is 4.79 Å². The minimum Gasteiger partial charge on any atom is -0.490 e. The number of rotatable bonds is 9. The van der Waals surface area contributed by atoms with Crippen LogP contribution in [-0.4, -0.2) is 38.7 Å². The standard InChI is InChI=1S/C13H18F2N2O3/c14-12(15)9-19-7-5-13(18)17-6-8-20-11-4-2-1-3-10(11)16/h1-4,12H,5-9,16H2,(H,17,18). The van der Waals surface area contributed by atoms with Crippen molar-refractivity contribution in [2.24, 2.45) is 0 Å². The number of nitrogen functional groups attached to an aromatic ring is 1. The van der Waals surface area contributed by atoms with Crippen molar-refractivity contribution in [3.05, 3.63) is 24.3 Å². The van der Waals surface area contributed by atoms with E-state index in [0.29, 0.717) is 18.0 Å². The highest BCUT2D eigenvalue weighted by Gasteiger charge is 2.05. The van der Waals surface area contributed by atoms with Crippen LogP contribution in [0.3, 0.4) is 0 Å². The maximum atomic E-state index is 11.7. The number of hydrogen-bond donors (Lipinski definition) is 2. The van der Waals surface area contributed by atoms with Gasteiger partial charge in [0.2, 0.25) is 5.91 Å². The zero-order valence-electron chi connectivity index (χ0n) is 11.0. The van der Waals surface area contributed by atoms with Crippen molar-refractivity contribution in [2.75, 3.05) is 32.1 Å². The van der Waals surface area contributed by atoms with Crippen LogP contribution in [0, 0.1) is 0 Å². The van der Waals surface area contributed by atoms with Crippen LogP contribution in [-0.2, 0) is 9.53 Å². The molecule has 0 radical (unpaired) electrons. The Bertz CT molecular complexity index is 416. The van der Waals surface area contributed by atoms with Gasteiger partial charge >= 0.3 is 0 Å². The molecule has 0 unspecified atom stereocenters. The third-order valence-electron chi connectivity index (χ3n) is 2.32. The first-order valence-electron chi connectivity index (χ1n) is 6.19. The van der Waals surface area contributed by atoms with Crippen LogP contribution in [0.4, 0.5) is 14.5 Å². The summed E-state index contributed by atoms with van der Waals surface area (Å²) < 4.78 is 33.5. The summed E-state index contributed by atoms with van der Waals surface area (Å²) in [6.45, 7) is -0.0911. The van der Waals surface area contributed by atoms with E-state index in [1.165, 1.54) is 0 Å². The van der Waals surface area contributed by atoms with Gasteiger partial charge in [-0.15, -0.1) is 0 Å². The van der Waals surface area contributed by atoms with Crippen molar-refractivity contribution in [3.8, 4) is 5.75 Å². The third kappa shape index (κ3) is 6.89. The molecular formula is C13H18F2N2O3. The van der Waals surface area contributed by atoms with E-state index in [-0.39, 0.29) is 25.5 Å².